The molecule has 1 aromatic carbocycles. The first-order valence-corrected chi connectivity index (χ1v) is 7.32. The number of rotatable bonds is 5. The molecule has 0 fully saturated rings. The predicted molar refractivity (Wildman–Crippen MR) is 80.4 cm³/mol. The number of nitrogens with two attached hydrogens (primary N) is 1. The normalized spacial score (nSPS) is 16.6. The smallest absolute Gasteiger partial charge is 0.117 e. The molecule has 0 unspecified atom stereocenters. The molecule has 0 bridgehead atoms. The molecule has 0 radical (unpaired) electrons. The van der Waals surface area contributed by atoms with Gasteiger partial charge in [0.25, 0.3) is 0 Å². The van der Waals surface area contributed by atoms with Crippen LogP contribution in [-0.4, -0.2) is 23.5 Å². The number of fused-ring (bicyclic) bond motifs is 1. The van der Waals surface area contributed by atoms with E-state index in [2.05, 4.69) is 36.1 Å². The summed E-state index contributed by atoms with van der Waals surface area (Å²) in [5, 5.41) is 0. The van der Waals surface area contributed by atoms with Gasteiger partial charge in [-0.05, 0) is 42.6 Å². The molecular weight excluding hydrogens is 248 g/mol. The third kappa shape index (κ3) is 2.28. The molecule has 1 aliphatic rings. The van der Waals surface area contributed by atoms with Crippen LogP contribution >= 0.6 is 0 Å². The zero-order valence-corrected chi connectivity index (χ0v) is 12.0. The van der Waals surface area contributed by atoms with Gasteiger partial charge < -0.3 is 10.2 Å². The van der Waals surface area contributed by atoms with E-state index in [1.807, 2.05) is 12.1 Å². The van der Waals surface area contributed by atoms with Crippen molar-refractivity contribution in [3.63, 3.8) is 0 Å². The number of benzene rings is 1. The average molecular weight is 270 g/mol. The molecule has 0 saturated carbocycles. The Bertz CT molecular complexity index is 537. The summed E-state index contributed by atoms with van der Waals surface area (Å²) in [5.74, 6) is 1.01. The Balaban J connectivity index is 1.85. The lowest BCUT2D eigenvalue weighted by Crippen LogP contribution is -2.54. The molecule has 106 valence electrons. The third-order valence-electron chi connectivity index (χ3n) is 4.52. The topological polar surface area (TPSA) is 42.4 Å². The standard InChI is InChI=1S/C17H22N2O/c1-2-19(12-16-8-5-9-20-16)17(13-18)10-14-6-3-4-7-15(14)11-17/h3-9H,2,10-13,18H2,1H3. The Labute approximate surface area is 120 Å². The Kier molecular flexibility index (Phi) is 3.64. The molecule has 2 N–H and O–H groups in total. The van der Waals surface area contributed by atoms with Gasteiger partial charge in [0.1, 0.15) is 5.76 Å². The number of hydrogen-bond acceptors (Lipinski definition) is 3. The van der Waals surface area contributed by atoms with Crippen molar-refractivity contribution in [2.75, 3.05) is 13.1 Å². The highest BCUT2D eigenvalue weighted by atomic mass is 16.3. The van der Waals surface area contributed by atoms with Crippen LogP contribution in [-0.2, 0) is 19.4 Å². The summed E-state index contributed by atoms with van der Waals surface area (Å²) in [6.45, 7) is 4.68. The van der Waals surface area contributed by atoms with Gasteiger partial charge in [0.05, 0.1) is 12.8 Å². The fourth-order valence-electron chi connectivity index (χ4n) is 3.38. The van der Waals surface area contributed by atoms with E-state index in [0.29, 0.717) is 6.54 Å². The lowest BCUT2D eigenvalue weighted by molar-refractivity contribution is 0.0921. The van der Waals surface area contributed by atoms with Crippen molar-refractivity contribution >= 4 is 0 Å². The fourth-order valence-corrected chi connectivity index (χ4v) is 3.38. The molecule has 2 aromatic rings. The molecule has 3 nitrogen and oxygen atoms in total. The second kappa shape index (κ2) is 5.43. The molecule has 0 amide bonds. The monoisotopic (exact) mass is 270 g/mol. The predicted octanol–water partition coefficient (Wildman–Crippen LogP) is 2.60. The second-order valence-corrected chi connectivity index (χ2v) is 5.64. The lowest BCUT2D eigenvalue weighted by atomic mass is 9.93. The van der Waals surface area contributed by atoms with Crippen molar-refractivity contribution in [3.8, 4) is 0 Å². The molecule has 1 aromatic heterocycles. The highest BCUT2D eigenvalue weighted by Crippen LogP contribution is 2.34. The number of furan rings is 1. The van der Waals surface area contributed by atoms with Gasteiger partial charge in [0, 0.05) is 12.1 Å². The van der Waals surface area contributed by atoms with Gasteiger partial charge in [-0.2, -0.15) is 0 Å². The summed E-state index contributed by atoms with van der Waals surface area (Å²) >= 11 is 0. The minimum absolute atomic E-state index is 0.0330. The zero-order chi connectivity index (χ0) is 14.0. The first-order chi connectivity index (χ1) is 9.77. The van der Waals surface area contributed by atoms with Gasteiger partial charge in [0.2, 0.25) is 0 Å². The van der Waals surface area contributed by atoms with Crippen molar-refractivity contribution in [3.05, 3.63) is 59.5 Å². The van der Waals surface area contributed by atoms with Crippen molar-refractivity contribution in [1.29, 1.82) is 0 Å². The summed E-state index contributed by atoms with van der Waals surface area (Å²) in [7, 11) is 0. The van der Waals surface area contributed by atoms with Crippen LogP contribution < -0.4 is 5.73 Å². The summed E-state index contributed by atoms with van der Waals surface area (Å²) in [6.07, 6.45) is 3.81. The lowest BCUT2D eigenvalue weighted by Gasteiger charge is -2.39. The quantitative estimate of drug-likeness (QED) is 0.908. The van der Waals surface area contributed by atoms with Crippen LogP contribution in [0.3, 0.4) is 0 Å². The summed E-state index contributed by atoms with van der Waals surface area (Å²) in [5.41, 5.74) is 9.10. The van der Waals surface area contributed by atoms with Crippen LogP contribution in [0.4, 0.5) is 0 Å². The minimum atomic E-state index is 0.0330. The van der Waals surface area contributed by atoms with E-state index < -0.39 is 0 Å². The van der Waals surface area contributed by atoms with Crippen molar-refractivity contribution in [2.24, 2.45) is 5.73 Å². The molecule has 0 saturated heterocycles. The SMILES string of the molecule is CCN(Cc1ccco1)C1(CN)Cc2ccccc2C1. The first kappa shape index (κ1) is 13.4. The van der Waals surface area contributed by atoms with Crippen LogP contribution in [0.1, 0.15) is 23.8 Å². The Morgan fingerprint density at radius 2 is 1.85 bits per heavy atom. The molecule has 3 heteroatoms. The van der Waals surface area contributed by atoms with Gasteiger partial charge in [0.15, 0.2) is 0 Å². The molecule has 1 heterocycles. The maximum Gasteiger partial charge on any atom is 0.117 e. The Morgan fingerprint density at radius 1 is 1.15 bits per heavy atom. The van der Waals surface area contributed by atoms with Crippen molar-refractivity contribution < 1.29 is 4.42 Å². The van der Waals surface area contributed by atoms with E-state index in [1.165, 1.54) is 11.1 Å². The third-order valence-corrected chi connectivity index (χ3v) is 4.52. The highest BCUT2D eigenvalue weighted by molar-refractivity contribution is 5.36. The van der Waals surface area contributed by atoms with Gasteiger partial charge in [-0.15, -0.1) is 0 Å². The average Bonchev–Trinajstić information content (AvgIpc) is 3.11. The summed E-state index contributed by atoms with van der Waals surface area (Å²) < 4.78 is 5.51. The van der Waals surface area contributed by atoms with Gasteiger partial charge >= 0.3 is 0 Å². The van der Waals surface area contributed by atoms with Crippen LogP contribution in [0.15, 0.2) is 47.1 Å². The van der Waals surface area contributed by atoms with E-state index in [9.17, 15) is 0 Å². The molecule has 20 heavy (non-hydrogen) atoms. The molecule has 0 spiro atoms. The van der Waals surface area contributed by atoms with Crippen LogP contribution in [0.2, 0.25) is 0 Å². The fraction of sp³-hybridized carbons (Fsp3) is 0.412. The first-order valence-electron chi connectivity index (χ1n) is 7.32. The zero-order valence-electron chi connectivity index (χ0n) is 12.0. The summed E-state index contributed by atoms with van der Waals surface area (Å²) in [4.78, 5) is 2.46. The largest absolute Gasteiger partial charge is 0.468 e. The van der Waals surface area contributed by atoms with Crippen LogP contribution in [0, 0.1) is 0 Å². The van der Waals surface area contributed by atoms with Gasteiger partial charge in [-0.25, -0.2) is 0 Å². The van der Waals surface area contributed by atoms with E-state index >= 15 is 0 Å². The van der Waals surface area contributed by atoms with E-state index in [4.69, 9.17) is 10.2 Å². The van der Waals surface area contributed by atoms with Gasteiger partial charge in [-0.1, -0.05) is 31.2 Å². The van der Waals surface area contributed by atoms with Gasteiger partial charge in [-0.3, -0.25) is 4.90 Å². The van der Waals surface area contributed by atoms with E-state index in [1.54, 1.807) is 6.26 Å². The molecular formula is C17H22N2O. The maximum absolute atomic E-state index is 6.18. The van der Waals surface area contributed by atoms with E-state index in [0.717, 1.165) is 31.7 Å². The van der Waals surface area contributed by atoms with E-state index in [-0.39, 0.29) is 5.54 Å². The molecule has 1 aliphatic carbocycles. The second-order valence-electron chi connectivity index (χ2n) is 5.64. The Morgan fingerprint density at radius 3 is 2.35 bits per heavy atom. The number of hydrogen-bond donors (Lipinski definition) is 1. The number of likely N-dealkylation sites (N-methyl/N-ethyl adjacent to an activating group) is 1. The molecule has 3 rings (SSSR count). The summed E-state index contributed by atoms with van der Waals surface area (Å²) in [6, 6.07) is 12.7. The molecule has 0 aliphatic heterocycles. The minimum Gasteiger partial charge on any atom is -0.468 e. The highest BCUT2D eigenvalue weighted by Gasteiger charge is 2.40. The Hall–Kier alpha value is -1.58. The molecule has 0 atom stereocenters. The van der Waals surface area contributed by atoms with Crippen LogP contribution in [0.25, 0.3) is 0 Å². The van der Waals surface area contributed by atoms with Crippen LogP contribution in [0.5, 0.6) is 0 Å². The van der Waals surface area contributed by atoms with Crippen molar-refractivity contribution in [2.45, 2.75) is 31.8 Å². The number of nitrogens with zero attached hydrogens (tertiary/aromatic N) is 1. The maximum atomic E-state index is 6.18. The van der Waals surface area contributed by atoms with Crippen molar-refractivity contribution in [1.82, 2.24) is 4.90 Å².